The standard InChI is InChI=1S/C12H15N/c1-9-3-2-4-10(5-9)12-6-11(12)7-13-8-12/h2-5,11,13H,6-8H2,1H3/t11-,12+/m0/s1. The molecule has 0 radical (unpaired) electrons. The molecule has 1 aromatic carbocycles. The maximum Gasteiger partial charge on any atom is 0.0122 e. The lowest BCUT2D eigenvalue weighted by Crippen LogP contribution is -2.19. The Hall–Kier alpha value is -0.820. The number of hydrogen-bond acceptors (Lipinski definition) is 1. The summed E-state index contributed by atoms with van der Waals surface area (Å²) >= 11 is 0. The first kappa shape index (κ1) is 7.57. The Morgan fingerprint density at radius 1 is 1.46 bits per heavy atom. The first-order valence-corrected chi connectivity index (χ1v) is 5.09. The average Bonchev–Trinajstić information content (AvgIpc) is 2.70. The van der Waals surface area contributed by atoms with Crippen LogP contribution in [0.1, 0.15) is 17.5 Å². The maximum atomic E-state index is 3.48. The lowest BCUT2D eigenvalue weighted by Gasteiger charge is -2.12. The normalized spacial score (nSPS) is 35.9. The number of aryl methyl sites for hydroxylation is 1. The van der Waals surface area contributed by atoms with E-state index in [4.69, 9.17) is 0 Å². The van der Waals surface area contributed by atoms with Crippen molar-refractivity contribution in [2.75, 3.05) is 13.1 Å². The SMILES string of the molecule is Cc1cccc([C@@]23CNC[C@@H]2C3)c1. The van der Waals surface area contributed by atoms with Gasteiger partial charge in [-0.15, -0.1) is 0 Å². The van der Waals surface area contributed by atoms with Crippen LogP contribution < -0.4 is 5.32 Å². The molecular formula is C12H15N. The highest BCUT2D eigenvalue weighted by Crippen LogP contribution is 2.56. The maximum absolute atomic E-state index is 3.48. The Morgan fingerprint density at radius 3 is 3.00 bits per heavy atom. The zero-order valence-electron chi connectivity index (χ0n) is 8.01. The molecule has 1 aliphatic carbocycles. The van der Waals surface area contributed by atoms with Gasteiger partial charge >= 0.3 is 0 Å². The summed E-state index contributed by atoms with van der Waals surface area (Å²) in [6.45, 7) is 4.61. The lowest BCUT2D eigenvalue weighted by molar-refractivity contribution is 0.675. The van der Waals surface area contributed by atoms with Gasteiger partial charge in [-0.1, -0.05) is 29.8 Å². The van der Waals surface area contributed by atoms with E-state index in [1.807, 2.05) is 0 Å². The van der Waals surface area contributed by atoms with E-state index in [0.29, 0.717) is 5.41 Å². The molecule has 1 aromatic rings. The van der Waals surface area contributed by atoms with Gasteiger partial charge in [0.25, 0.3) is 0 Å². The summed E-state index contributed by atoms with van der Waals surface area (Å²) in [5, 5.41) is 3.48. The third kappa shape index (κ3) is 0.969. The number of benzene rings is 1. The fourth-order valence-electron chi connectivity index (χ4n) is 2.74. The Kier molecular flexibility index (Phi) is 1.37. The minimum atomic E-state index is 0.534. The molecule has 0 bridgehead atoms. The van der Waals surface area contributed by atoms with E-state index in [0.717, 1.165) is 5.92 Å². The van der Waals surface area contributed by atoms with E-state index in [1.54, 1.807) is 5.56 Å². The number of piperidine rings is 1. The molecule has 3 rings (SSSR count). The quantitative estimate of drug-likeness (QED) is 0.683. The Bertz CT molecular complexity index is 345. The molecule has 0 amide bonds. The van der Waals surface area contributed by atoms with Crippen molar-refractivity contribution in [1.82, 2.24) is 5.32 Å². The molecule has 68 valence electrons. The summed E-state index contributed by atoms with van der Waals surface area (Å²) in [4.78, 5) is 0. The molecule has 1 aliphatic heterocycles. The molecule has 2 fully saturated rings. The highest BCUT2D eigenvalue weighted by atomic mass is 15.0. The number of hydrogen-bond donors (Lipinski definition) is 1. The molecular weight excluding hydrogens is 158 g/mol. The zero-order valence-corrected chi connectivity index (χ0v) is 8.01. The Labute approximate surface area is 79.2 Å². The molecule has 0 aromatic heterocycles. The van der Waals surface area contributed by atoms with Gasteiger partial charge in [-0.25, -0.2) is 0 Å². The van der Waals surface area contributed by atoms with Crippen LogP contribution in [0.4, 0.5) is 0 Å². The van der Waals surface area contributed by atoms with E-state index >= 15 is 0 Å². The van der Waals surface area contributed by atoms with Crippen molar-refractivity contribution in [2.45, 2.75) is 18.8 Å². The van der Waals surface area contributed by atoms with Crippen LogP contribution in [0, 0.1) is 12.8 Å². The van der Waals surface area contributed by atoms with Crippen molar-refractivity contribution in [3.8, 4) is 0 Å². The fraction of sp³-hybridized carbons (Fsp3) is 0.500. The van der Waals surface area contributed by atoms with E-state index in [1.165, 1.54) is 25.1 Å². The molecule has 1 heterocycles. The second kappa shape index (κ2) is 2.36. The fourth-order valence-corrected chi connectivity index (χ4v) is 2.74. The molecule has 1 N–H and O–H groups in total. The predicted octanol–water partition coefficient (Wildman–Crippen LogP) is 1.86. The van der Waals surface area contributed by atoms with Gasteiger partial charge in [0, 0.05) is 12.0 Å². The Morgan fingerprint density at radius 2 is 2.38 bits per heavy atom. The van der Waals surface area contributed by atoms with Crippen molar-refractivity contribution in [3.05, 3.63) is 35.4 Å². The summed E-state index contributed by atoms with van der Waals surface area (Å²) in [5.41, 5.74) is 3.48. The molecule has 2 aliphatic rings. The molecule has 1 saturated heterocycles. The van der Waals surface area contributed by atoms with Crippen molar-refractivity contribution in [2.24, 2.45) is 5.92 Å². The topological polar surface area (TPSA) is 12.0 Å². The van der Waals surface area contributed by atoms with Crippen LogP contribution >= 0.6 is 0 Å². The van der Waals surface area contributed by atoms with Gasteiger partial charge in [0.2, 0.25) is 0 Å². The summed E-state index contributed by atoms with van der Waals surface area (Å²) in [5.74, 6) is 0.925. The van der Waals surface area contributed by atoms with Gasteiger partial charge in [-0.05, 0) is 31.4 Å². The average molecular weight is 173 g/mol. The zero-order chi connectivity index (χ0) is 8.89. The minimum Gasteiger partial charge on any atom is -0.316 e. The number of nitrogens with one attached hydrogen (secondary N) is 1. The summed E-state index contributed by atoms with van der Waals surface area (Å²) in [6, 6.07) is 9.01. The Balaban J connectivity index is 2.01. The third-order valence-electron chi connectivity index (χ3n) is 3.66. The van der Waals surface area contributed by atoms with Crippen LogP contribution in [0.5, 0.6) is 0 Å². The molecule has 1 nitrogen and oxygen atoms in total. The molecule has 1 saturated carbocycles. The summed E-state index contributed by atoms with van der Waals surface area (Å²) < 4.78 is 0. The second-order valence-corrected chi connectivity index (χ2v) is 4.56. The first-order chi connectivity index (χ1) is 6.31. The monoisotopic (exact) mass is 173 g/mol. The number of rotatable bonds is 1. The summed E-state index contributed by atoms with van der Waals surface area (Å²) in [6.07, 6.45) is 1.41. The van der Waals surface area contributed by atoms with Crippen LogP contribution in [0.2, 0.25) is 0 Å². The van der Waals surface area contributed by atoms with Crippen molar-refractivity contribution in [1.29, 1.82) is 0 Å². The van der Waals surface area contributed by atoms with E-state index in [9.17, 15) is 0 Å². The van der Waals surface area contributed by atoms with E-state index in [-0.39, 0.29) is 0 Å². The third-order valence-corrected chi connectivity index (χ3v) is 3.66. The van der Waals surface area contributed by atoms with Gasteiger partial charge in [-0.2, -0.15) is 0 Å². The molecule has 0 spiro atoms. The number of fused-ring (bicyclic) bond motifs is 1. The van der Waals surface area contributed by atoms with Crippen molar-refractivity contribution >= 4 is 0 Å². The van der Waals surface area contributed by atoms with Crippen LogP contribution in [0.25, 0.3) is 0 Å². The predicted molar refractivity (Wildman–Crippen MR) is 53.8 cm³/mol. The van der Waals surface area contributed by atoms with Gasteiger partial charge in [0.05, 0.1) is 0 Å². The van der Waals surface area contributed by atoms with Gasteiger partial charge < -0.3 is 5.32 Å². The first-order valence-electron chi connectivity index (χ1n) is 5.09. The van der Waals surface area contributed by atoms with E-state index in [2.05, 4.69) is 36.5 Å². The highest BCUT2D eigenvalue weighted by Gasteiger charge is 2.57. The molecule has 2 atom stereocenters. The largest absolute Gasteiger partial charge is 0.316 e. The van der Waals surface area contributed by atoms with Gasteiger partial charge in [0.1, 0.15) is 0 Å². The minimum absolute atomic E-state index is 0.534. The highest BCUT2D eigenvalue weighted by molar-refractivity contribution is 5.38. The second-order valence-electron chi connectivity index (χ2n) is 4.56. The summed E-state index contributed by atoms with van der Waals surface area (Å²) in [7, 11) is 0. The molecule has 13 heavy (non-hydrogen) atoms. The van der Waals surface area contributed by atoms with Crippen molar-refractivity contribution in [3.63, 3.8) is 0 Å². The van der Waals surface area contributed by atoms with E-state index < -0.39 is 0 Å². The smallest absolute Gasteiger partial charge is 0.0122 e. The van der Waals surface area contributed by atoms with Crippen LogP contribution in [0.3, 0.4) is 0 Å². The van der Waals surface area contributed by atoms with Gasteiger partial charge in [-0.3, -0.25) is 0 Å². The van der Waals surface area contributed by atoms with Crippen LogP contribution in [0.15, 0.2) is 24.3 Å². The van der Waals surface area contributed by atoms with Gasteiger partial charge in [0.15, 0.2) is 0 Å². The van der Waals surface area contributed by atoms with Crippen LogP contribution in [-0.4, -0.2) is 13.1 Å². The van der Waals surface area contributed by atoms with Crippen LogP contribution in [-0.2, 0) is 5.41 Å². The van der Waals surface area contributed by atoms with Crippen molar-refractivity contribution < 1.29 is 0 Å². The molecule has 0 unspecified atom stereocenters. The lowest BCUT2D eigenvalue weighted by atomic mass is 9.94. The molecule has 1 heteroatoms.